The summed E-state index contributed by atoms with van der Waals surface area (Å²) < 4.78 is 5.68. The van der Waals surface area contributed by atoms with Crippen molar-refractivity contribution in [2.75, 3.05) is 7.11 Å². The van der Waals surface area contributed by atoms with E-state index in [4.69, 9.17) is 4.74 Å². The summed E-state index contributed by atoms with van der Waals surface area (Å²) in [6.07, 6.45) is 2.22. The molecule has 1 heterocycles. The molecule has 2 aromatic carbocycles. The van der Waals surface area contributed by atoms with E-state index >= 15 is 0 Å². The molecule has 0 atom stereocenters. The average Bonchev–Trinajstić information content (AvgIpc) is 3.26. The van der Waals surface area contributed by atoms with Crippen molar-refractivity contribution in [3.63, 3.8) is 0 Å². The van der Waals surface area contributed by atoms with E-state index in [0.717, 1.165) is 44.2 Å². The maximum atomic E-state index is 11.0. The van der Waals surface area contributed by atoms with Gasteiger partial charge in [-0.2, -0.15) is 0 Å². The lowest BCUT2D eigenvalue weighted by Crippen LogP contribution is -2.23. The molecule has 0 amide bonds. The Morgan fingerprint density at radius 1 is 0.871 bits per heavy atom. The number of aliphatic hydroxyl groups excluding tert-OH is 2. The average molecular weight is 441 g/mol. The van der Waals surface area contributed by atoms with Crippen LogP contribution in [-0.4, -0.2) is 22.4 Å². The second kappa shape index (κ2) is 9.96. The molecule has 0 saturated carbocycles. The fraction of sp³-hybridized carbons (Fsp3) is 0.385. The third-order valence-electron chi connectivity index (χ3n) is 6.19. The van der Waals surface area contributed by atoms with E-state index in [1.54, 1.807) is 18.4 Å². The van der Waals surface area contributed by atoms with Crippen LogP contribution in [-0.2, 0) is 25.2 Å². The van der Waals surface area contributed by atoms with Gasteiger partial charge in [0.05, 0.1) is 30.8 Å². The first-order valence-electron chi connectivity index (χ1n) is 10.8. The van der Waals surface area contributed by atoms with Crippen LogP contribution in [0.2, 0.25) is 0 Å². The summed E-state index contributed by atoms with van der Waals surface area (Å²) in [4.78, 5) is 2.09. The Hall–Kier alpha value is -2.18. The van der Waals surface area contributed by atoms with Gasteiger partial charge in [0, 0.05) is 4.88 Å². The van der Waals surface area contributed by atoms with Crippen LogP contribution < -0.4 is 4.74 Å². The number of aryl methyl sites for hydroxylation is 1. The lowest BCUT2D eigenvalue weighted by molar-refractivity contribution is 0.0283. The van der Waals surface area contributed by atoms with Gasteiger partial charge in [0.25, 0.3) is 0 Å². The van der Waals surface area contributed by atoms with Crippen LogP contribution in [0.4, 0.5) is 0 Å². The van der Waals surface area contributed by atoms with Gasteiger partial charge in [0.1, 0.15) is 5.75 Å². The molecule has 0 fully saturated rings. The van der Waals surface area contributed by atoms with Crippen LogP contribution in [0.25, 0.3) is 20.9 Å². The van der Waals surface area contributed by atoms with Gasteiger partial charge in [-0.05, 0) is 64.8 Å². The van der Waals surface area contributed by atoms with Gasteiger partial charge in [-0.25, -0.2) is 0 Å². The number of aliphatic hydroxyl groups is 3. The number of ether oxygens (including phenoxy) is 1. The molecule has 3 N–H and O–H groups in total. The zero-order valence-electron chi connectivity index (χ0n) is 18.7. The molecule has 0 spiro atoms. The summed E-state index contributed by atoms with van der Waals surface area (Å²) in [6.45, 7) is 5.94. The van der Waals surface area contributed by atoms with Crippen LogP contribution >= 0.6 is 11.3 Å². The molecule has 3 rings (SSSR count). The highest BCUT2D eigenvalue weighted by atomic mass is 32.1. The number of thiophene rings is 1. The highest BCUT2D eigenvalue weighted by Gasteiger charge is 2.26. The summed E-state index contributed by atoms with van der Waals surface area (Å²) in [7, 11) is 1.66. The maximum Gasteiger partial charge on any atom is 0.138 e. The second-order valence-electron chi connectivity index (χ2n) is 7.77. The summed E-state index contributed by atoms with van der Waals surface area (Å²) in [6, 6.07) is 14.0. The van der Waals surface area contributed by atoms with Crippen molar-refractivity contribution in [2.24, 2.45) is 0 Å². The zero-order chi connectivity index (χ0) is 22.6. The Labute approximate surface area is 188 Å². The van der Waals surface area contributed by atoms with Gasteiger partial charge in [0.15, 0.2) is 0 Å². The summed E-state index contributed by atoms with van der Waals surface area (Å²) >= 11 is 1.65. The van der Waals surface area contributed by atoms with Gasteiger partial charge in [-0.1, -0.05) is 51.1 Å². The molecule has 31 heavy (non-hydrogen) atoms. The standard InChI is InChI=1S/C26H32O4S/c1-5-17-13-21(26(29,6-2)7-3)10-11-22(17)24-14-23(30-4)25(31-24)18-8-9-19(15-27)20(12-18)16-28/h8-14,27-29H,5-7,15-16H2,1-4H3. The van der Waals surface area contributed by atoms with E-state index in [1.807, 2.05) is 38.1 Å². The molecule has 4 nitrogen and oxygen atoms in total. The maximum absolute atomic E-state index is 11.0. The normalized spacial score (nSPS) is 11.7. The highest BCUT2D eigenvalue weighted by molar-refractivity contribution is 7.19. The predicted octanol–water partition coefficient (Wildman–Crippen LogP) is 5.65. The zero-order valence-corrected chi connectivity index (χ0v) is 19.6. The van der Waals surface area contributed by atoms with Crippen molar-refractivity contribution in [3.8, 4) is 26.6 Å². The molecule has 0 aliphatic heterocycles. The monoisotopic (exact) mass is 440 g/mol. The minimum absolute atomic E-state index is 0.100. The molecule has 1 aromatic heterocycles. The van der Waals surface area contributed by atoms with Crippen LogP contribution in [0, 0.1) is 0 Å². The number of hydrogen-bond donors (Lipinski definition) is 3. The van der Waals surface area contributed by atoms with E-state index in [9.17, 15) is 15.3 Å². The van der Waals surface area contributed by atoms with E-state index in [0.29, 0.717) is 18.4 Å². The predicted molar refractivity (Wildman–Crippen MR) is 127 cm³/mol. The molecular weight excluding hydrogens is 408 g/mol. The SMILES string of the molecule is CCc1cc(C(O)(CC)CC)ccc1-c1cc(OC)c(-c2ccc(CO)c(CO)c2)s1. The summed E-state index contributed by atoms with van der Waals surface area (Å²) in [5.41, 5.74) is 4.91. The summed E-state index contributed by atoms with van der Waals surface area (Å²) in [5.74, 6) is 0.783. The topological polar surface area (TPSA) is 69.9 Å². The first kappa shape index (κ1) is 23.5. The first-order chi connectivity index (χ1) is 14.9. The number of rotatable bonds is 9. The summed E-state index contributed by atoms with van der Waals surface area (Å²) in [5, 5.41) is 30.1. The van der Waals surface area contributed by atoms with Crippen molar-refractivity contribution in [2.45, 2.75) is 58.8 Å². The fourth-order valence-corrected chi connectivity index (χ4v) is 5.19. The van der Waals surface area contributed by atoms with Crippen molar-refractivity contribution >= 4 is 11.3 Å². The molecule has 3 aromatic rings. The Morgan fingerprint density at radius 2 is 1.58 bits per heavy atom. The second-order valence-corrected chi connectivity index (χ2v) is 8.82. The van der Waals surface area contributed by atoms with E-state index in [-0.39, 0.29) is 13.2 Å². The lowest BCUT2D eigenvalue weighted by atomic mass is 9.86. The van der Waals surface area contributed by atoms with Gasteiger partial charge < -0.3 is 20.1 Å². The van der Waals surface area contributed by atoms with Crippen molar-refractivity contribution in [1.29, 1.82) is 0 Å². The molecule has 166 valence electrons. The molecular formula is C26H32O4S. The molecule has 5 heteroatoms. The van der Waals surface area contributed by atoms with Crippen LogP contribution in [0.5, 0.6) is 5.75 Å². The Bertz CT molecular complexity index is 1030. The molecule has 0 aliphatic rings. The van der Waals surface area contributed by atoms with Crippen LogP contribution in [0.1, 0.15) is 55.9 Å². The smallest absolute Gasteiger partial charge is 0.138 e. The molecule has 0 unspecified atom stereocenters. The van der Waals surface area contributed by atoms with Crippen LogP contribution in [0.15, 0.2) is 42.5 Å². The van der Waals surface area contributed by atoms with E-state index < -0.39 is 5.60 Å². The molecule has 0 bridgehead atoms. The first-order valence-corrected chi connectivity index (χ1v) is 11.6. The molecule has 0 radical (unpaired) electrons. The van der Waals surface area contributed by atoms with Gasteiger partial charge in [-0.3, -0.25) is 0 Å². The van der Waals surface area contributed by atoms with Crippen molar-refractivity contribution in [1.82, 2.24) is 0 Å². The Balaban J connectivity index is 2.09. The number of hydrogen-bond acceptors (Lipinski definition) is 5. The van der Waals surface area contributed by atoms with Gasteiger partial charge >= 0.3 is 0 Å². The van der Waals surface area contributed by atoms with Crippen molar-refractivity contribution < 1.29 is 20.1 Å². The third kappa shape index (κ3) is 4.55. The largest absolute Gasteiger partial charge is 0.495 e. The van der Waals surface area contributed by atoms with E-state index in [1.165, 1.54) is 5.56 Å². The van der Waals surface area contributed by atoms with Gasteiger partial charge in [-0.15, -0.1) is 11.3 Å². The number of methoxy groups -OCH3 is 1. The quantitative estimate of drug-likeness (QED) is 0.402. The highest BCUT2D eigenvalue weighted by Crippen LogP contribution is 2.45. The van der Waals surface area contributed by atoms with Crippen LogP contribution in [0.3, 0.4) is 0 Å². The minimum Gasteiger partial charge on any atom is -0.495 e. The van der Waals surface area contributed by atoms with Gasteiger partial charge in [0.2, 0.25) is 0 Å². The fourth-order valence-electron chi connectivity index (χ4n) is 4.00. The minimum atomic E-state index is -0.796. The Kier molecular flexibility index (Phi) is 7.55. The lowest BCUT2D eigenvalue weighted by Gasteiger charge is -2.27. The number of benzene rings is 2. The third-order valence-corrected chi connectivity index (χ3v) is 7.38. The van der Waals surface area contributed by atoms with Crippen molar-refractivity contribution in [3.05, 3.63) is 64.7 Å². The molecule has 0 saturated heterocycles. The molecule has 0 aliphatic carbocycles. The van der Waals surface area contributed by atoms with E-state index in [2.05, 4.69) is 25.1 Å². The Morgan fingerprint density at radius 3 is 2.16 bits per heavy atom.